The highest BCUT2D eigenvalue weighted by atomic mass is 35.5. The Kier molecular flexibility index (Phi) is 8.65. The number of aryl methyl sites for hydroxylation is 2. The number of nitrogens with one attached hydrogen (secondary N) is 2. The number of benzene rings is 3. The van der Waals surface area contributed by atoms with Crippen molar-refractivity contribution in [3.05, 3.63) is 88.2 Å². The summed E-state index contributed by atoms with van der Waals surface area (Å²) in [5.74, 6) is -1.94. The van der Waals surface area contributed by atoms with Gasteiger partial charge in [-0.1, -0.05) is 23.7 Å². The molecule has 0 aliphatic carbocycles. The molecule has 1 heterocycles. The highest BCUT2D eigenvalue weighted by Gasteiger charge is 2.32. The standard InChI is InChI=1S/C27H29ClFN3O5S2/c1-18-6-7-22(16-19(18)2)31-39(36,37)23-10-8-21(9-11-23)30-27(33)20-12-14-32(15-13-20)38(34,35)17-24-25(28)4-3-5-26(24)29/h3-11,16,20,31H,12-15,17H2,1-2H3,(H,30,33). The number of carbonyl (C=O) groups excluding carboxylic acids is 1. The number of carbonyl (C=O) groups is 1. The minimum atomic E-state index is -3.82. The molecule has 1 saturated heterocycles. The molecular formula is C27H29ClFN3O5S2. The lowest BCUT2D eigenvalue weighted by molar-refractivity contribution is -0.120. The summed E-state index contributed by atoms with van der Waals surface area (Å²) in [7, 11) is -7.63. The Morgan fingerprint density at radius 2 is 1.59 bits per heavy atom. The van der Waals surface area contributed by atoms with E-state index in [4.69, 9.17) is 11.6 Å². The summed E-state index contributed by atoms with van der Waals surface area (Å²) in [5.41, 5.74) is 2.83. The van der Waals surface area contributed by atoms with Crippen LogP contribution in [-0.2, 0) is 30.6 Å². The lowest BCUT2D eigenvalue weighted by Gasteiger charge is -2.30. The van der Waals surface area contributed by atoms with Gasteiger partial charge in [-0.2, -0.15) is 0 Å². The summed E-state index contributed by atoms with van der Waals surface area (Å²) in [6, 6.07) is 15.1. The molecule has 0 aromatic heterocycles. The Labute approximate surface area is 233 Å². The fourth-order valence-corrected chi connectivity index (χ4v) is 7.29. The topological polar surface area (TPSA) is 113 Å². The largest absolute Gasteiger partial charge is 0.326 e. The van der Waals surface area contributed by atoms with Gasteiger partial charge in [-0.25, -0.2) is 25.5 Å². The van der Waals surface area contributed by atoms with Crippen molar-refractivity contribution in [1.82, 2.24) is 4.31 Å². The summed E-state index contributed by atoms with van der Waals surface area (Å²) < 4.78 is 69.1. The Hall–Kier alpha value is -2.99. The van der Waals surface area contributed by atoms with E-state index in [-0.39, 0.29) is 34.5 Å². The second kappa shape index (κ2) is 11.6. The Morgan fingerprint density at radius 3 is 2.21 bits per heavy atom. The molecular weight excluding hydrogens is 565 g/mol. The average molecular weight is 594 g/mol. The van der Waals surface area contributed by atoms with Crippen LogP contribution in [0.2, 0.25) is 5.02 Å². The van der Waals surface area contributed by atoms with Crippen LogP contribution in [0.4, 0.5) is 15.8 Å². The Balaban J connectivity index is 1.33. The SMILES string of the molecule is Cc1ccc(NS(=O)(=O)c2ccc(NC(=O)C3CCN(S(=O)(=O)Cc4c(F)cccc4Cl)CC3)cc2)cc1C. The first-order valence-corrected chi connectivity index (χ1v) is 15.7. The maximum absolute atomic E-state index is 14.1. The van der Waals surface area contributed by atoms with Crippen molar-refractivity contribution < 1.29 is 26.0 Å². The highest BCUT2D eigenvalue weighted by Crippen LogP contribution is 2.27. The van der Waals surface area contributed by atoms with Gasteiger partial charge in [0, 0.05) is 41.0 Å². The predicted octanol–water partition coefficient (Wildman–Crippen LogP) is 5.08. The van der Waals surface area contributed by atoms with Crippen molar-refractivity contribution >= 4 is 48.9 Å². The minimum Gasteiger partial charge on any atom is -0.326 e. The van der Waals surface area contributed by atoms with Crippen LogP contribution in [0.15, 0.2) is 65.6 Å². The summed E-state index contributed by atoms with van der Waals surface area (Å²) in [6.07, 6.45) is 0.588. The summed E-state index contributed by atoms with van der Waals surface area (Å²) in [5, 5.41) is 2.82. The molecule has 0 saturated carbocycles. The molecule has 0 atom stereocenters. The van der Waals surface area contributed by atoms with Crippen molar-refractivity contribution in [2.24, 2.45) is 5.92 Å². The van der Waals surface area contributed by atoms with Crippen LogP contribution < -0.4 is 10.0 Å². The quantitative estimate of drug-likeness (QED) is 0.378. The third-order valence-electron chi connectivity index (χ3n) is 6.80. The number of piperidine rings is 1. The molecule has 1 amide bonds. The van der Waals surface area contributed by atoms with Gasteiger partial charge in [-0.3, -0.25) is 9.52 Å². The molecule has 0 spiro atoms. The maximum Gasteiger partial charge on any atom is 0.261 e. The molecule has 39 heavy (non-hydrogen) atoms. The van der Waals surface area contributed by atoms with Gasteiger partial charge in [0.1, 0.15) is 5.82 Å². The van der Waals surface area contributed by atoms with E-state index in [2.05, 4.69) is 10.0 Å². The number of rotatable bonds is 8. The zero-order valence-electron chi connectivity index (χ0n) is 21.4. The first-order chi connectivity index (χ1) is 18.4. The molecule has 0 bridgehead atoms. The lowest BCUT2D eigenvalue weighted by atomic mass is 9.97. The van der Waals surface area contributed by atoms with Gasteiger partial charge >= 0.3 is 0 Å². The van der Waals surface area contributed by atoms with E-state index in [1.165, 1.54) is 40.7 Å². The number of anilines is 2. The number of halogens is 2. The van der Waals surface area contributed by atoms with Gasteiger partial charge in [0.05, 0.1) is 10.6 Å². The van der Waals surface area contributed by atoms with E-state index in [1.54, 1.807) is 12.1 Å². The summed E-state index contributed by atoms with van der Waals surface area (Å²) >= 11 is 5.99. The molecule has 1 aliphatic rings. The van der Waals surface area contributed by atoms with E-state index in [1.807, 2.05) is 19.9 Å². The highest BCUT2D eigenvalue weighted by molar-refractivity contribution is 7.92. The molecule has 12 heteroatoms. The van der Waals surface area contributed by atoms with Gasteiger partial charge in [0.15, 0.2) is 0 Å². The van der Waals surface area contributed by atoms with E-state index < -0.39 is 37.5 Å². The number of amides is 1. The fraction of sp³-hybridized carbons (Fsp3) is 0.296. The van der Waals surface area contributed by atoms with Crippen LogP contribution in [0.25, 0.3) is 0 Å². The van der Waals surface area contributed by atoms with Gasteiger partial charge in [-0.15, -0.1) is 0 Å². The molecule has 4 rings (SSSR count). The molecule has 208 valence electrons. The number of hydrogen-bond acceptors (Lipinski definition) is 5. The molecule has 1 fully saturated rings. The summed E-state index contributed by atoms with van der Waals surface area (Å²) in [4.78, 5) is 12.9. The number of nitrogens with zero attached hydrogens (tertiary/aromatic N) is 1. The van der Waals surface area contributed by atoms with Crippen LogP contribution in [0.1, 0.15) is 29.5 Å². The molecule has 8 nitrogen and oxygen atoms in total. The van der Waals surface area contributed by atoms with Gasteiger partial charge < -0.3 is 5.32 Å². The van der Waals surface area contributed by atoms with Crippen LogP contribution >= 0.6 is 11.6 Å². The Bertz CT molecular complexity index is 1570. The number of sulfonamides is 2. The van der Waals surface area contributed by atoms with Gasteiger partial charge in [0.2, 0.25) is 15.9 Å². The average Bonchev–Trinajstić information content (AvgIpc) is 2.89. The van der Waals surface area contributed by atoms with E-state index in [0.29, 0.717) is 24.2 Å². The zero-order chi connectivity index (χ0) is 28.4. The third kappa shape index (κ3) is 6.96. The monoisotopic (exact) mass is 593 g/mol. The van der Waals surface area contributed by atoms with E-state index >= 15 is 0 Å². The predicted molar refractivity (Wildman–Crippen MR) is 150 cm³/mol. The van der Waals surface area contributed by atoms with Crippen LogP contribution in [-0.4, -0.2) is 40.1 Å². The maximum atomic E-state index is 14.1. The lowest BCUT2D eigenvalue weighted by Crippen LogP contribution is -2.42. The molecule has 3 aromatic rings. The molecule has 3 aromatic carbocycles. The van der Waals surface area contributed by atoms with Crippen LogP contribution in [0, 0.1) is 25.6 Å². The van der Waals surface area contributed by atoms with E-state index in [0.717, 1.165) is 17.2 Å². The van der Waals surface area contributed by atoms with Gasteiger partial charge in [-0.05, 0) is 86.3 Å². The van der Waals surface area contributed by atoms with Crippen LogP contribution in [0.5, 0.6) is 0 Å². The smallest absolute Gasteiger partial charge is 0.261 e. The second-order valence-corrected chi connectivity index (χ2v) is 13.6. The third-order valence-corrected chi connectivity index (χ3v) is 10.4. The van der Waals surface area contributed by atoms with Crippen molar-refractivity contribution in [2.75, 3.05) is 23.1 Å². The first kappa shape index (κ1) is 29.0. The van der Waals surface area contributed by atoms with Gasteiger partial charge in [0.25, 0.3) is 10.0 Å². The minimum absolute atomic E-state index is 0.0483. The van der Waals surface area contributed by atoms with E-state index in [9.17, 15) is 26.0 Å². The first-order valence-electron chi connectivity index (χ1n) is 12.3. The normalized spacial score (nSPS) is 15.2. The van der Waals surface area contributed by atoms with Crippen molar-refractivity contribution in [3.63, 3.8) is 0 Å². The molecule has 0 unspecified atom stereocenters. The van der Waals surface area contributed by atoms with Crippen LogP contribution in [0.3, 0.4) is 0 Å². The zero-order valence-corrected chi connectivity index (χ0v) is 23.8. The Morgan fingerprint density at radius 1 is 0.949 bits per heavy atom. The van der Waals surface area contributed by atoms with Crippen molar-refractivity contribution in [2.45, 2.75) is 37.3 Å². The second-order valence-electron chi connectivity index (χ2n) is 9.55. The molecule has 2 N–H and O–H groups in total. The number of hydrogen-bond donors (Lipinski definition) is 2. The molecule has 0 radical (unpaired) electrons. The molecule has 1 aliphatic heterocycles. The summed E-state index contributed by atoms with van der Waals surface area (Å²) in [6.45, 7) is 4.08. The van der Waals surface area contributed by atoms with Crippen molar-refractivity contribution in [1.29, 1.82) is 0 Å². The van der Waals surface area contributed by atoms with Crippen molar-refractivity contribution in [3.8, 4) is 0 Å². The fourth-order valence-electron chi connectivity index (χ4n) is 4.32.